The van der Waals surface area contributed by atoms with E-state index in [1.807, 2.05) is 55.5 Å². The zero-order chi connectivity index (χ0) is 19.9. The van der Waals surface area contributed by atoms with Crippen molar-refractivity contribution >= 4 is 11.9 Å². The molecular weight excluding hydrogens is 358 g/mol. The molecule has 2 aromatic carbocycles. The number of rotatable bonds is 9. The molecule has 1 unspecified atom stereocenters. The highest BCUT2D eigenvalue weighted by atomic mass is 16.5. The topological polar surface area (TPSA) is 76.1 Å². The van der Waals surface area contributed by atoms with Crippen molar-refractivity contribution in [1.29, 1.82) is 0 Å². The maximum atomic E-state index is 12.0. The maximum Gasteiger partial charge on any atom is 0.308 e. The highest BCUT2D eigenvalue weighted by Gasteiger charge is 2.33. The molecule has 6 heteroatoms. The molecule has 0 spiro atoms. The summed E-state index contributed by atoms with van der Waals surface area (Å²) in [6, 6.07) is 15.5. The highest BCUT2D eigenvalue weighted by molar-refractivity contribution is 5.86. The Morgan fingerprint density at radius 3 is 2.39 bits per heavy atom. The third-order valence-electron chi connectivity index (χ3n) is 4.88. The monoisotopic (exact) mass is 383 g/mol. The third-order valence-corrected chi connectivity index (χ3v) is 4.88. The molecule has 1 saturated heterocycles. The largest absolute Gasteiger partial charge is 0.490 e. The lowest BCUT2D eigenvalue weighted by Gasteiger charge is -2.17. The third kappa shape index (κ3) is 5.03. The van der Waals surface area contributed by atoms with Gasteiger partial charge in [-0.05, 0) is 36.6 Å². The molecule has 0 radical (unpaired) electrons. The molecule has 3 rings (SSSR count). The summed E-state index contributed by atoms with van der Waals surface area (Å²) in [5.41, 5.74) is 2.07. The van der Waals surface area contributed by atoms with E-state index in [1.54, 1.807) is 4.90 Å². The van der Waals surface area contributed by atoms with Gasteiger partial charge in [-0.25, -0.2) is 0 Å². The first-order valence-electron chi connectivity index (χ1n) is 9.44. The number of carbonyl (C=O) groups excluding carboxylic acids is 1. The Balaban J connectivity index is 1.50. The Morgan fingerprint density at radius 2 is 1.71 bits per heavy atom. The number of carboxylic acids is 1. The van der Waals surface area contributed by atoms with Crippen LogP contribution in [0.2, 0.25) is 0 Å². The lowest BCUT2D eigenvalue weighted by Crippen LogP contribution is -2.28. The van der Waals surface area contributed by atoms with Crippen LogP contribution in [-0.4, -0.2) is 48.2 Å². The molecular formula is C22H25NO5. The van der Waals surface area contributed by atoms with Gasteiger partial charge in [0.15, 0.2) is 0 Å². The molecule has 0 bridgehead atoms. The first-order chi connectivity index (χ1) is 13.5. The van der Waals surface area contributed by atoms with Crippen molar-refractivity contribution < 1.29 is 24.2 Å². The van der Waals surface area contributed by atoms with E-state index in [0.717, 1.165) is 22.6 Å². The van der Waals surface area contributed by atoms with Gasteiger partial charge in [0.05, 0.1) is 5.92 Å². The quantitative estimate of drug-likeness (QED) is 0.674. The van der Waals surface area contributed by atoms with E-state index in [9.17, 15) is 9.59 Å². The van der Waals surface area contributed by atoms with Gasteiger partial charge in [-0.1, -0.05) is 36.4 Å². The average Bonchev–Trinajstić information content (AvgIpc) is 3.07. The molecule has 1 amide bonds. The first kappa shape index (κ1) is 19.7. The van der Waals surface area contributed by atoms with Gasteiger partial charge in [0.25, 0.3) is 0 Å². The van der Waals surface area contributed by atoms with E-state index in [-0.39, 0.29) is 18.9 Å². The molecule has 1 aliphatic heterocycles. The SMILES string of the molecule is Cc1ccccc1OCCOc1ccccc1CCN1CC(C(=O)O)CC1=O. The van der Waals surface area contributed by atoms with E-state index in [1.165, 1.54) is 0 Å². The summed E-state index contributed by atoms with van der Waals surface area (Å²) in [5, 5.41) is 9.09. The zero-order valence-electron chi connectivity index (χ0n) is 16.0. The molecule has 1 fully saturated rings. The molecule has 0 aliphatic carbocycles. The summed E-state index contributed by atoms with van der Waals surface area (Å²) < 4.78 is 11.6. The van der Waals surface area contributed by atoms with Gasteiger partial charge in [0, 0.05) is 19.5 Å². The number of carbonyl (C=O) groups is 2. The van der Waals surface area contributed by atoms with Crippen LogP contribution in [0.3, 0.4) is 0 Å². The van der Waals surface area contributed by atoms with Gasteiger partial charge in [0.2, 0.25) is 5.91 Å². The molecule has 28 heavy (non-hydrogen) atoms. The predicted octanol–water partition coefficient (Wildman–Crippen LogP) is 2.93. The van der Waals surface area contributed by atoms with Crippen molar-refractivity contribution in [2.24, 2.45) is 5.92 Å². The molecule has 2 aromatic rings. The second-order valence-corrected chi connectivity index (χ2v) is 6.90. The number of hydrogen-bond donors (Lipinski definition) is 1. The van der Waals surface area contributed by atoms with Crippen LogP contribution in [0.25, 0.3) is 0 Å². The summed E-state index contributed by atoms with van der Waals surface area (Å²) in [6.45, 7) is 3.61. The van der Waals surface area contributed by atoms with Crippen LogP contribution >= 0.6 is 0 Å². The van der Waals surface area contributed by atoms with Crippen molar-refractivity contribution in [1.82, 2.24) is 4.90 Å². The van der Waals surface area contributed by atoms with E-state index in [4.69, 9.17) is 14.6 Å². The summed E-state index contributed by atoms with van der Waals surface area (Å²) in [7, 11) is 0. The Bertz CT molecular complexity index is 835. The second kappa shape index (κ2) is 9.26. The van der Waals surface area contributed by atoms with Crippen LogP contribution in [0.5, 0.6) is 11.5 Å². The second-order valence-electron chi connectivity index (χ2n) is 6.90. The molecule has 1 atom stereocenters. The van der Waals surface area contributed by atoms with Gasteiger partial charge >= 0.3 is 5.97 Å². The van der Waals surface area contributed by atoms with Gasteiger partial charge in [-0.2, -0.15) is 0 Å². The fourth-order valence-corrected chi connectivity index (χ4v) is 3.28. The average molecular weight is 383 g/mol. The number of likely N-dealkylation sites (tertiary alicyclic amines) is 1. The van der Waals surface area contributed by atoms with E-state index in [0.29, 0.717) is 26.2 Å². The van der Waals surface area contributed by atoms with Crippen molar-refractivity contribution in [3.8, 4) is 11.5 Å². The fraction of sp³-hybridized carbons (Fsp3) is 0.364. The van der Waals surface area contributed by atoms with Crippen LogP contribution in [0, 0.1) is 12.8 Å². The Labute approximate surface area is 164 Å². The number of para-hydroxylation sites is 2. The van der Waals surface area contributed by atoms with Crippen molar-refractivity contribution in [3.05, 3.63) is 59.7 Å². The molecule has 0 saturated carbocycles. The summed E-state index contributed by atoms with van der Waals surface area (Å²) in [6.07, 6.45) is 0.705. The van der Waals surface area contributed by atoms with E-state index < -0.39 is 11.9 Å². The van der Waals surface area contributed by atoms with E-state index >= 15 is 0 Å². The number of carboxylic acid groups (broad SMARTS) is 1. The molecule has 6 nitrogen and oxygen atoms in total. The number of hydrogen-bond acceptors (Lipinski definition) is 4. The summed E-state index contributed by atoms with van der Waals surface area (Å²) in [4.78, 5) is 24.7. The number of benzene rings is 2. The smallest absolute Gasteiger partial charge is 0.308 e. The van der Waals surface area contributed by atoms with Crippen LogP contribution < -0.4 is 9.47 Å². The minimum absolute atomic E-state index is 0.0870. The summed E-state index contributed by atoms with van der Waals surface area (Å²) in [5.74, 6) is 0.000447. The highest BCUT2D eigenvalue weighted by Crippen LogP contribution is 2.22. The summed E-state index contributed by atoms with van der Waals surface area (Å²) >= 11 is 0. The first-order valence-corrected chi connectivity index (χ1v) is 9.44. The minimum Gasteiger partial charge on any atom is -0.490 e. The number of aryl methyl sites for hydroxylation is 1. The number of aliphatic carboxylic acids is 1. The predicted molar refractivity (Wildman–Crippen MR) is 105 cm³/mol. The molecule has 148 valence electrons. The number of nitrogens with zero attached hydrogens (tertiary/aromatic N) is 1. The van der Waals surface area contributed by atoms with Crippen molar-refractivity contribution in [3.63, 3.8) is 0 Å². The normalized spacial score (nSPS) is 16.2. The molecule has 1 N–H and O–H groups in total. The van der Waals surface area contributed by atoms with Crippen LogP contribution in [-0.2, 0) is 16.0 Å². The van der Waals surface area contributed by atoms with Crippen molar-refractivity contribution in [2.45, 2.75) is 19.8 Å². The van der Waals surface area contributed by atoms with Crippen LogP contribution in [0.15, 0.2) is 48.5 Å². The standard InChI is InChI=1S/C22H25NO5/c1-16-6-2-4-8-19(16)27-12-13-28-20-9-5-3-7-17(20)10-11-23-15-18(22(25)26)14-21(23)24/h2-9,18H,10-15H2,1H3,(H,25,26). The van der Waals surface area contributed by atoms with Crippen LogP contribution in [0.4, 0.5) is 0 Å². The zero-order valence-corrected chi connectivity index (χ0v) is 16.0. The fourth-order valence-electron chi connectivity index (χ4n) is 3.28. The van der Waals surface area contributed by atoms with E-state index in [2.05, 4.69) is 0 Å². The lowest BCUT2D eigenvalue weighted by molar-refractivity contribution is -0.141. The van der Waals surface area contributed by atoms with Crippen molar-refractivity contribution in [2.75, 3.05) is 26.3 Å². The maximum absolute atomic E-state index is 12.0. The Morgan fingerprint density at radius 1 is 1.07 bits per heavy atom. The van der Waals surface area contributed by atoms with Gasteiger partial charge in [0.1, 0.15) is 24.7 Å². The van der Waals surface area contributed by atoms with Crippen LogP contribution in [0.1, 0.15) is 17.5 Å². The number of amides is 1. The molecule has 1 heterocycles. The number of ether oxygens (including phenoxy) is 2. The lowest BCUT2D eigenvalue weighted by atomic mass is 10.1. The minimum atomic E-state index is -0.909. The molecule has 0 aromatic heterocycles. The van der Waals surface area contributed by atoms with Gasteiger partial charge in [-0.15, -0.1) is 0 Å². The van der Waals surface area contributed by atoms with Gasteiger partial charge in [-0.3, -0.25) is 9.59 Å². The Hall–Kier alpha value is -3.02. The Kier molecular flexibility index (Phi) is 6.53. The van der Waals surface area contributed by atoms with Gasteiger partial charge < -0.3 is 19.5 Å². The molecule has 1 aliphatic rings.